The minimum absolute atomic E-state index is 0. The molecule has 1 aromatic heterocycles. The fraction of sp³-hybridized carbons (Fsp3) is 0.615. The summed E-state index contributed by atoms with van der Waals surface area (Å²) in [6.45, 7) is 0.695. The van der Waals surface area contributed by atoms with Gasteiger partial charge in [0.15, 0.2) is 0 Å². The Morgan fingerprint density at radius 3 is 2.89 bits per heavy atom. The molecule has 0 saturated heterocycles. The van der Waals surface area contributed by atoms with Crippen LogP contribution >= 0.6 is 39.7 Å². The van der Waals surface area contributed by atoms with E-state index in [-0.39, 0.29) is 30.3 Å². The highest BCUT2D eigenvalue weighted by Crippen LogP contribution is 2.26. The molecule has 1 saturated carbocycles. The molecule has 0 spiro atoms. The molecule has 0 bridgehead atoms. The van der Waals surface area contributed by atoms with Crippen LogP contribution in [-0.2, 0) is 11.3 Å². The number of thiophene rings is 1. The molecule has 2 unspecified atom stereocenters. The second-order valence-corrected chi connectivity index (χ2v) is 6.96. The molecular formula is C13H20BrClN2OS. The molecule has 3 nitrogen and oxygen atoms in total. The molecule has 1 fully saturated rings. The van der Waals surface area contributed by atoms with E-state index in [1.54, 1.807) is 11.3 Å². The molecule has 1 aromatic rings. The van der Waals surface area contributed by atoms with Crippen LogP contribution in [0, 0.1) is 5.92 Å². The lowest BCUT2D eigenvalue weighted by Crippen LogP contribution is -2.38. The molecule has 108 valence electrons. The van der Waals surface area contributed by atoms with Gasteiger partial charge in [-0.2, -0.15) is 0 Å². The predicted octanol–water partition coefficient (Wildman–Crippen LogP) is 3.41. The third-order valence-electron chi connectivity index (χ3n) is 3.46. The Bertz CT molecular complexity index is 427. The van der Waals surface area contributed by atoms with Crippen molar-refractivity contribution in [1.82, 2.24) is 4.90 Å². The molecule has 0 radical (unpaired) electrons. The van der Waals surface area contributed by atoms with Crippen molar-refractivity contribution in [3.8, 4) is 0 Å². The van der Waals surface area contributed by atoms with Crippen LogP contribution in [-0.4, -0.2) is 23.9 Å². The topological polar surface area (TPSA) is 46.3 Å². The van der Waals surface area contributed by atoms with E-state index in [0.717, 1.165) is 30.2 Å². The smallest absolute Gasteiger partial charge is 0.225 e. The van der Waals surface area contributed by atoms with Gasteiger partial charge in [-0.1, -0.05) is 6.42 Å². The monoisotopic (exact) mass is 366 g/mol. The van der Waals surface area contributed by atoms with Crippen LogP contribution in [0.25, 0.3) is 0 Å². The van der Waals surface area contributed by atoms with E-state index >= 15 is 0 Å². The van der Waals surface area contributed by atoms with Crippen molar-refractivity contribution in [2.24, 2.45) is 11.7 Å². The second kappa shape index (κ2) is 7.62. The molecular weight excluding hydrogens is 348 g/mol. The van der Waals surface area contributed by atoms with Crippen molar-refractivity contribution in [1.29, 1.82) is 0 Å². The lowest BCUT2D eigenvalue weighted by molar-refractivity contribution is -0.135. The maximum Gasteiger partial charge on any atom is 0.225 e. The molecule has 1 aliphatic carbocycles. The number of nitrogens with two attached hydrogens (primary N) is 1. The van der Waals surface area contributed by atoms with Gasteiger partial charge in [0.2, 0.25) is 5.91 Å². The minimum atomic E-state index is 0. The van der Waals surface area contributed by atoms with Gasteiger partial charge in [-0.05, 0) is 41.3 Å². The number of rotatable bonds is 3. The second-order valence-electron chi connectivity index (χ2n) is 5.05. The first-order valence-corrected chi connectivity index (χ1v) is 7.97. The van der Waals surface area contributed by atoms with Crippen molar-refractivity contribution >= 4 is 45.6 Å². The molecule has 0 aromatic carbocycles. The van der Waals surface area contributed by atoms with Gasteiger partial charge in [0, 0.05) is 33.7 Å². The van der Waals surface area contributed by atoms with Crippen molar-refractivity contribution in [3.05, 3.63) is 20.8 Å². The summed E-state index contributed by atoms with van der Waals surface area (Å²) in [4.78, 5) is 15.4. The van der Waals surface area contributed by atoms with Gasteiger partial charge >= 0.3 is 0 Å². The van der Waals surface area contributed by atoms with Gasteiger partial charge in [0.25, 0.3) is 0 Å². The van der Waals surface area contributed by atoms with Crippen LogP contribution in [0.15, 0.2) is 15.9 Å². The lowest BCUT2D eigenvalue weighted by Gasteiger charge is -2.29. The highest BCUT2D eigenvalue weighted by molar-refractivity contribution is 9.10. The Labute approximate surface area is 133 Å². The summed E-state index contributed by atoms with van der Waals surface area (Å²) in [5.41, 5.74) is 5.94. The fourth-order valence-electron chi connectivity index (χ4n) is 2.51. The number of hydrogen-bond acceptors (Lipinski definition) is 3. The van der Waals surface area contributed by atoms with Gasteiger partial charge in [-0.15, -0.1) is 23.7 Å². The quantitative estimate of drug-likeness (QED) is 0.890. The molecule has 6 heteroatoms. The summed E-state index contributed by atoms with van der Waals surface area (Å²) in [5, 5.41) is 2.05. The Balaban J connectivity index is 0.00000180. The standard InChI is InChI=1S/C13H19BrN2OS.ClH/c1-16(7-12-6-10(14)8-18-12)13(17)9-3-2-4-11(15)5-9;/h6,8-9,11H,2-5,7,15H2,1H3;1H. The van der Waals surface area contributed by atoms with E-state index in [1.165, 1.54) is 4.88 Å². The van der Waals surface area contributed by atoms with E-state index in [4.69, 9.17) is 5.73 Å². The number of carbonyl (C=O) groups excluding carboxylic acids is 1. The van der Waals surface area contributed by atoms with E-state index in [9.17, 15) is 4.79 Å². The molecule has 1 amide bonds. The predicted molar refractivity (Wildman–Crippen MR) is 85.7 cm³/mol. The van der Waals surface area contributed by atoms with E-state index < -0.39 is 0 Å². The van der Waals surface area contributed by atoms with Gasteiger partial charge in [0.1, 0.15) is 0 Å². The van der Waals surface area contributed by atoms with E-state index in [1.807, 2.05) is 17.3 Å². The Morgan fingerprint density at radius 2 is 2.32 bits per heavy atom. The van der Waals surface area contributed by atoms with E-state index in [0.29, 0.717) is 6.54 Å². The largest absolute Gasteiger partial charge is 0.340 e. The van der Waals surface area contributed by atoms with Crippen LogP contribution in [0.3, 0.4) is 0 Å². The Morgan fingerprint density at radius 1 is 1.58 bits per heavy atom. The summed E-state index contributed by atoms with van der Waals surface area (Å²) in [6.07, 6.45) is 3.98. The van der Waals surface area contributed by atoms with E-state index in [2.05, 4.69) is 22.0 Å². The minimum Gasteiger partial charge on any atom is -0.340 e. The van der Waals surface area contributed by atoms with Crippen molar-refractivity contribution in [3.63, 3.8) is 0 Å². The molecule has 1 heterocycles. The van der Waals surface area contributed by atoms with Gasteiger partial charge in [-0.25, -0.2) is 0 Å². The van der Waals surface area contributed by atoms with Crippen LogP contribution in [0.1, 0.15) is 30.6 Å². The van der Waals surface area contributed by atoms with Crippen molar-refractivity contribution < 1.29 is 4.79 Å². The van der Waals surface area contributed by atoms with Crippen LogP contribution < -0.4 is 5.73 Å². The average Bonchev–Trinajstić information content (AvgIpc) is 2.73. The van der Waals surface area contributed by atoms with Crippen molar-refractivity contribution in [2.75, 3.05) is 7.05 Å². The lowest BCUT2D eigenvalue weighted by atomic mass is 9.85. The number of carbonyl (C=O) groups is 1. The first kappa shape index (κ1) is 17.0. The maximum absolute atomic E-state index is 12.3. The average molecular weight is 368 g/mol. The van der Waals surface area contributed by atoms with Gasteiger partial charge in [-0.3, -0.25) is 4.79 Å². The third kappa shape index (κ3) is 4.74. The van der Waals surface area contributed by atoms with Crippen LogP contribution in [0.5, 0.6) is 0 Å². The Kier molecular flexibility index (Phi) is 6.80. The van der Waals surface area contributed by atoms with Gasteiger partial charge < -0.3 is 10.6 Å². The number of nitrogens with zero attached hydrogens (tertiary/aromatic N) is 1. The summed E-state index contributed by atoms with van der Waals surface area (Å²) in [5.74, 6) is 0.372. The zero-order valence-corrected chi connectivity index (χ0v) is 14.2. The first-order valence-electron chi connectivity index (χ1n) is 6.29. The normalized spacial score (nSPS) is 22.7. The highest BCUT2D eigenvalue weighted by Gasteiger charge is 2.27. The van der Waals surface area contributed by atoms with Crippen LogP contribution in [0.2, 0.25) is 0 Å². The highest BCUT2D eigenvalue weighted by atomic mass is 79.9. The summed E-state index contributed by atoms with van der Waals surface area (Å²) < 4.78 is 1.09. The van der Waals surface area contributed by atoms with Gasteiger partial charge in [0.05, 0.1) is 6.54 Å². The van der Waals surface area contributed by atoms with Crippen LogP contribution in [0.4, 0.5) is 0 Å². The molecule has 1 aliphatic rings. The summed E-state index contributed by atoms with van der Waals surface area (Å²) in [7, 11) is 1.89. The maximum atomic E-state index is 12.3. The molecule has 2 rings (SSSR count). The molecule has 19 heavy (non-hydrogen) atoms. The fourth-order valence-corrected chi connectivity index (χ4v) is 4.02. The zero-order valence-electron chi connectivity index (χ0n) is 11.0. The Hall–Kier alpha value is -0.100. The summed E-state index contributed by atoms with van der Waals surface area (Å²) in [6, 6.07) is 2.28. The number of amides is 1. The SMILES string of the molecule is CN(Cc1cc(Br)cs1)C(=O)C1CCCC(N)C1.Cl. The first-order chi connectivity index (χ1) is 8.56. The number of hydrogen-bond donors (Lipinski definition) is 1. The van der Waals surface area contributed by atoms with Crippen molar-refractivity contribution in [2.45, 2.75) is 38.3 Å². The molecule has 2 N–H and O–H groups in total. The molecule has 2 atom stereocenters. The molecule has 0 aliphatic heterocycles. The zero-order chi connectivity index (χ0) is 13.1. The summed E-state index contributed by atoms with van der Waals surface area (Å²) >= 11 is 5.11. The number of halogens is 2. The third-order valence-corrected chi connectivity index (χ3v) is 5.14.